The number of hydrogen-bond acceptors (Lipinski definition) is 24. The molecular formula is C67H81N9O21. The average molecular weight is 1350 g/mol. The van der Waals surface area contributed by atoms with Crippen LogP contribution in [0.1, 0.15) is 85.1 Å². The third-order valence-corrected chi connectivity index (χ3v) is 18.7. The monoisotopic (exact) mass is 1350 g/mol. The van der Waals surface area contributed by atoms with E-state index in [9.17, 15) is 45.7 Å². The van der Waals surface area contributed by atoms with E-state index in [1.807, 2.05) is 13.8 Å². The fourth-order valence-electron chi connectivity index (χ4n) is 12.8. The van der Waals surface area contributed by atoms with E-state index >= 15 is 0 Å². The zero-order valence-electron chi connectivity index (χ0n) is 54.9. The Morgan fingerprint density at radius 2 is 0.897 bits per heavy atom. The smallest absolute Gasteiger partial charge is 0.338 e. The molecule has 30 heteroatoms. The van der Waals surface area contributed by atoms with Crippen LogP contribution < -0.4 is 0 Å². The Morgan fingerprint density at radius 3 is 1.41 bits per heavy atom. The fourth-order valence-corrected chi connectivity index (χ4v) is 12.8. The van der Waals surface area contributed by atoms with Crippen molar-refractivity contribution >= 4 is 29.7 Å². The van der Waals surface area contributed by atoms with E-state index in [1.165, 1.54) is 26.2 Å². The van der Waals surface area contributed by atoms with E-state index in [-0.39, 0.29) is 36.2 Å². The Kier molecular flexibility index (Phi) is 25.9. The maximum absolute atomic E-state index is 14.5. The summed E-state index contributed by atoms with van der Waals surface area (Å²) in [7, 11) is 2.50. The molecule has 0 radical (unpaired) electrons. The zero-order valence-corrected chi connectivity index (χ0v) is 54.9. The van der Waals surface area contributed by atoms with Gasteiger partial charge < -0.3 is 76.2 Å². The van der Waals surface area contributed by atoms with E-state index in [0.717, 1.165) is 7.11 Å². The van der Waals surface area contributed by atoms with Gasteiger partial charge in [-0.2, -0.15) is 0 Å². The molecule has 0 aliphatic carbocycles. The Morgan fingerprint density at radius 1 is 0.454 bits per heavy atom. The van der Waals surface area contributed by atoms with Crippen molar-refractivity contribution < 1.29 is 100 Å². The van der Waals surface area contributed by atoms with Crippen LogP contribution in [0.25, 0.3) is 31.3 Å². The predicted octanol–water partition coefficient (Wildman–Crippen LogP) is 8.93. The van der Waals surface area contributed by atoms with Crippen molar-refractivity contribution in [2.75, 3.05) is 34.0 Å². The van der Waals surface area contributed by atoms with Crippen molar-refractivity contribution in [2.24, 2.45) is 50.9 Å². The molecule has 10 unspecified atom stereocenters. The van der Waals surface area contributed by atoms with Crippen molar-refractivity contribution in [1.82, 2.24) is 0 Å². The first-order valence-electron chi connectivity index (χ1n) is 31.9. The minimum Gasteiger partial charge on any atom is -0.467 e. The van der Waals surface area contributed by atoms with E-state index in [2.05, 4.69) is 30.1 Å². The lowest BCUT2D eigenvalue weighted by molar-refractivity contribution is -0.366. The number of aliphatic hydroxyl groups is 1. The number of esters is 4. The van der Waals surface area contributed by atoms with Crippen molar-refractivity contribution in [2.45, 2.75) is 172 Å². The second-order valence-corrected chi connectivity index (χ2v) is 24.6. The molecule has 1 N–H and O–H groups in total. The molecule has 520 valence electrons. The van der Waals surface area contributed by atoms with Crippen LogP contribution in [0.3, 0.4) is 0 Å². The van der Waals surface area contributed by atoms with Gasteiger partial charge in [0.05, 0.1) is 73.5 Å². The predicted molar refractivity (Wildman–Crippen MR) is 337 cm³/mol. The molecule has 4 aromatic rings. The molecule has 0 bridgehead atoms. The van der Waals surface area contributed by atoms with E-state index in [0.29, 0.717) is 11.1 Å². The molecule has 4 aromatic carbocycles. The SMILES string of the molecule is COC(=O)C1O[C@@H](O[C@@H]2C(CO)O[C@@H](O[C@H]3C(C(C)=O)O[C@@H](O[C@@H]4C(COC(=O)c5ccccc5)O[C@H](OC)C(N=[N+]=[N-])[C@H]4C)[C@@H](OC(=O)c4ccccc4)C3OCc3ccccc3)C(N=[N+]=[N-])[C@H]2C)C(C)[C@@H](C)[C@@H]1O[C@H]1OC(COC(=O)c2ccccc2)[C@@H](C)[C@H](C)C1N=[N+]=[N-]. The molecule has 97 heavy (non-hydrogen) atoms. The van der Waals surface area contributed by atoms with Gasteiger partial charge in [-0.3, -0.25) is 4.79 Å². The van der Waals surface area contributed by atoms with E-state index in [4.69, 9.17) is 71.1 Å². The zero-order chi connectivity index (χ0) is 69.4. The van der Waals surface area contributed by atoms with Gasteiger partial charge >= 0.3 is 23.9 Å². The van der Waals surface area contributed by atoms with Crippen LogP contribution in [0.5, 0.6) is 0 Å². The molecule has 5 saturated heterocycles. The van der Waals surface area contributed by atoms with Crippen molar-refractivity contribution in [3.63, 3.8) is 0 Å². The molecule has 5 aliphatic heterocycles. The Bertz CT molecular complexity index is 3430. The first-order chi connectivity index (χ1) is 46.8. The van der Waals surface area contributed by atoms with Gasteiger partial charge in [0.25, 0.3) is 0 Å². The number of nitrogens with zero attached hydrogens (tertiary/aromatic N) is 9. The largest absolute Gasteiger partial charge is 0.467 e. The first-order valence-corrected chi connectivity index (χ1v) is 31.9. The van der Waals surface area contributed by atoms with Crippen LogP contribution >= 0.6 is 0 Å². The number of ether oxygens (including phenoxy) is 15. The molecule has 0 spiro atoms. The summed E-state index contributed by atoms with van der Waals surface area (Å²) >= 11 is 0. The Labute approximate surface area is 559 Å². The number of azide groups is 3. The summed E-state index contributed by atoms with van der Waals surface area (Å²) in [5, 5.41) is 23.5. The summed E-state index contributed by atoms with van der Waals surface area (Å²) in [4.78, 5) is 78.6. The molecule has 5 heterocycles. The average Bonchev–Trinajstić information content (AvgIpc) is 0.767. The number of methoxy groups -OCH3 is 2. The molecule has 0 aromatic heterocycles. The highest BCUT2D eigenvalue weighted by Crippen LogP contribution is 2.44. The number of Topliss-reactive ketones (excluding diaryl/α,β-unsaturated/α-hetero) is 1. The highest BCUT2D eigenvalue weighted by Gasteiger charge is 2.58. The van der Waals surface area contributed by atoms with Gasteiger partial charge in [-0.15, -0.1) is 0 Å². The number of ketones is 1. The first kappa shape index (κ1) is 73.1. The lowest BCUT2D eigenvalue weighted by atomic mass is 9.81. The summed E-state index contributed by atoms with van der Waals surface area (Å²) in [6.45, 7) is 10.3. The standard InChI is InChI=1S/C67H81N9O21/c1-34-35(2)48(71-74-68)65(89-46(34)32-86-59(79)42-24-16-11-17-25-42)94-53-36(3)37(4)63(97-57(53)62(82)83-8)92-51-39(6)50(73-76-70)66(88-45(51)30-77)96-56-54(40(7)78)95-67(58(91-61(81)44-28-20-13-21-29-44)55(56)85-31-41-22-14-10-15-23-41)93-52-38(5)49(72-75-69)64(84-9)90-47(52)33-87-60(80)43-26-18-12-19-27-43/h10-29,34-39,45-58,63-67,77H,30-33H2,1-9H3/t34-,35-,36+,37?,38+,39+,45?,46?,47?,48?,49?,50?,51-,52-,53-,54?,55?,56-,57?,58-,63+,64-,65+,66-,67+/m0/s1. The van der Waals surface area contributed by atoms with Crippen LogP contribution in [0.2, 0.25) is 0 Å². The Hall–Kier alpha value is -8.12. The van der Waals surface area contributed by atoms with Gasteiger partial charge in [-0.25, -0.2) is 19.2 Å². The highest BCUT2D eigenvalue weighted by molar-refractivity contribution is 5.90. The van der Waals surface area contributed by atoms with Crippen molar-refractivity contribution in [1.29, 1.82) is 0 Å². The van der Waals surface area contributed by atoms with Crippen LogP contribution in [0.15, 0.2) is 137 Å². The third-order valence-electron chi connectivity index (χ3n) is 18.7. The lowest BCUT2D eigenvalue weighted by Gasteiger charge is -2.51. The number of carbonyl (C=O) groups is 5. The van der Waals surface area contributed by atoms with E-state index in [1.54, 1.807) is 137 Å². The molecule has 0 amide bonds. The summed E-state index contributed by atoms with van der Waals surface area (Å²) in [6.07, 6.45) is -22.1. The van der Waals surface area contributed by atoms with Gasteiger partial charge in [-0.1, -0.05) is 142 Å². The molecule has 5 fully saturated rings. The van der Waals surface area contributed by atoms with Gasteiger partial charge in [-0.05, 0) is 95.1 Å². The lowest BCUT2D eigenvalue weighted by Crippen LogP contribution is -2.67. The number of hydrogen-bond donors (Lipinski definition) is 1. The maximum atomic E-state index is 14.5. The highest BCUT2D eigenvalue weighted by atomic mass is 16.8. The van der Waals surface area contributed by atoms with Gasteiger partial charge in [0.15, 0.2) is 49.4 Å². The Balaban J connectivity index is 1.01. The van der Waals surface area contributed by atoms with Gasteiger partial charge in [0, 0.05) is 27.8 Å². The summed E-state index contributed by atoms with van der Waals surface area (Å²) in [5.74, 6) is -7.45. The van der Waals surface area contributed by atoms with Crippen molar-refractivity contribution in [3.05, 3.63) is 175 Å². The van der Waals surface area contributed by atoms with Gasteiger partial charge in [0.2, 0.25) is 0 Å². The van der Waals surface area contributed by atoms with Crippen molar-refractivity contribution in [3.8, 4) is 0 Å². The fraction of sp³-hybridized carbons (Fsp3) is 0.567. The second kappa shape index (κ2) is 34.4. The minimum absolute atomic E-state index is 0.0903. The number of aliphatic hydroxyl groups excluding tert-OH is 1. The molecular weight excluding hydrogens is 1270 g/mol. The maximum Gasteiger partial charge on any atom is 0.338 e. The number of rotatable bonds is 26. The number of benzene rings is 4. The van der Waals surface area contributed by atoms with Crippen LogP contribution in [0.4, 0.5) is 0 Å². The van der Waals surface area contributed by atoms with Crippen LogP contribution in [-0.4, -0.2) is 186 Å². The minimum atomic E-state index is -1.76. The number of carbonyl (C=O) groups excluding carboxylic acids is 5. The summed E-state index contributed by atoms with van der Waals surface area (Å²) in [5.41, 5.74) is 31.1. The molecule has 0 saturated carbocycles. The summed E-state index contributed by atoms with van der Waals surface area (Å²) < 4.78 is 95.3. The van der Waals surface area contributed by atoms with Crippen LogP contribution in [-0.2, 0) is 87.2 Å². The molecule has 5 aliphatic rings. The molecule has 9 rings (SSSR count). The summed E-state index contributed by atoms with van der Waals surface area (Å²) in [6, 6.07) is 30.1. The molecule has 25 atom stereocenters. The topological polar surface area (TPSA) is 390 Å². The van der Waals surface area contributed by atoms with Gasteiger partial charge in [0.1, 0.15) is 49.8 Å². The quantitative estimate of drug-likeness (QED) is 0.0201. The third kappa shape index (κ3) is 17.2. The van der Waals surface area contributed by atoms with E-state index < -0.39 is 183 Å². The molecule has 30 nitrogen and oxygen atoms in total. The second-order valence-electron chi connectivity index (χ2n) is 24.6. The van der Waals surface area contributed by atoms with Crippen LogP contribution in [0, 0.1) is 35.5 Å². The normalized spacial score (nSPS) is 34.8.